The van der Waals surface area contributed by atoms with Crippen molar-refractivity contribution < 1.29 is 19.0 Å². The maximum Gasteiger partial charge on any atom is 0.271 e. The number of piperazine rings is 1. The monoisotopic (exact) mass is 397 g/mol. The number of quaternary nitrogens is 1. The fraction of sp³-hybridized carbons (Fsp3) is 0.381. The third kappa shape index (κ3) is 3.75. The molecule has 3 aromatic rings. The van der Waals surface area contributed by atoms with E-state index in [1.165, 1.54) is 11.0 Å². The molecular formula is C21H25N4O4+. The molecule has 1 fully saturated rings. The van der Waals surface area contributed by atoms with Gasteiger partial charge >= 0.3 is 0 Å². The second-order valence-corrected chi connectivity index (χ2v) is 7.55. The van der Waals surface area contributed by atoms with E-state index in [9.17, 15) is 14.9 Å². The number of nitro groups is 1. The zero-order valence-corrected chi connectivity index (χ0v) is 16.7. The molecule has 0 atom stereocenters. The highest BCUT2D eigenvalue weighted by atomic mass is 16.6. The number of benzene rings is 1. The number of nitro benzene ring substituents is 1. The number of aromatic nitrogens is 1. The lowest BCUT2D eigenvalue weighted by atomic mass is 10.2. The Morgan fingerprint density at radius 2 is 2.00 bits per heavy atom. The standard InChI is InChI=1S/C21H24N4O4/c1-3-22-7-9-23(10-8-22)21(26)19-13-20-18(11-15(2)29-20)24(19)14-16-5-4-6-17(12-16)25(27)28/h4-6,11-13H,3,7-10,14H2,1-2H3/p+1. The summed E-state index contributed by atoms with van der Waals surface area (Å²) >= 11 is 0. The Labute approximate surface area is 168 Å². The average Bonchev–Trinajstić information content (AvgIpc) is 3.24. The number of carbonyl (C=O) groups excluding carboxylic acids is 1. The number of non-ortho nitro benzene ring substituents is 1. The second-order valence-electron chi connectivity index (χ2n) is 7.55. The summed E-state index contributed by atoms with van der Waals surface area (Å²) in [5, 5.41) is 11.1. The molecule has 1 aromatic carbocycles. The lowest BCUT2D eigenvalue weighted by molar-refractivity contribution is -0.902. The molecule has 1 N–H and O–H groups in total. The van der Waals surface area contributed by atoms with Crippen molar-refractivity contribution in [3.05, 3.63) is 63.5 Å². The molecule has 0 saturated carbocycles. The fourth-order valence-electron chi connectivity index (χ4n) is 4.01. The van der Waals surface area contributed by atoms with Crippen LogP contribution in [-0.4, -0.2) is 53.0 Å². The van der Waals surface area contributed by atoms with E-state index in [-0.39, 0.29) is 11.6 Å². The van der Waals surface area contributed by atoms with Gasteiger partial charge in [0, 0.05) is 30.8 Å². The van der Waals surface area contributed by atoms with Gasteiger partial charge in [0.25, 0.3) is 11.6 Å². The van der Waals surface area contributed by atoms with Gasteiger partial charge in [-0.2, -0.15) is 0 Å². The Balaban J connectivity index is 1.68. The van der Waals surface area contributed by atoms with E-state index in [1.807, 2.05) is 28.5 Å². The number of aryl methyl sites for hydroxylation is 1. The number of furan rings is 1. The van der Waals surface area contributed by atoms with Crippen LogP contribution in [0.2, 0.25) is 0 Å². The molecule has 4 rings (SSSR count). The third-order valence-corrected chi connectivity index (χ3v) is 5.65. The van der Waals surface area contributed by atoms with E-state index in [1.54, 1.807) is 18.2 Å². The summed E-state index contributed by atoms with van der Waals surface area (Å²) in [5.74, 6) is 0.747. The summed E-state index contributed by atoms with van der Waals surface area (Å²) in [6.45, 7) is 8.81. The SMILES string of the molecule is CC[NH+]1CCN(C(=O)c2cc3oc(C)cc3n2Cc2cccc([N+](=O)[O-])c2)CC1. The van der Waals surface area contributed by atoms with Crippen molar-refractivity contribution in [1.82, 2.24) is 9.47 Å². The molecule has 0 aliphatic carbocycles. The van der Waals surface area contributed by atoms with Gasteiger partial charge in [0.15, 0.2) is 5.58 Å². The van der Waals surface area contributed by atoms with Gasteiger partial charge < -0.3 is 18.8 Å². The molecule has 1 aliphatic rings. The minimum Gasteiger partial charge on any atom is -0.460 e. The Morgan fingerprint density at radius 3 is 2.69 bits per heavy atom. The van der Waals surface area contributed by atoms with E-state index in [4.69, 9.17) is 4.42 Å². The van der Waals surface area contributed by atoms with Gasteiger partial charge in [-0.15, -0.1) is 0 Å². The van der Waals surface area contributed by atoms with E-state index in [0.717, 1.165) is 49.6 Å². The first-order valence-corrected chi connectivity index (χ1v) is 9.92. The van der Waals surface area contributed by atoms with Crippen LogP contribution in [0.15, 0.2) is 40.8 Å². The van der Waals surface area contributed by atoms with Crippen molar-refractivity contribution in [2.45, 2.75) is 20.4 Å². The van der Waals surface area contributed by atoms with Crippen molar-refractivity contribution in [2.24, 2.45) is 0 Å². The van der Waals surface area contributed by atoms with Crippen LogP contribution in [0.3, 0.4) is 0 Å². The molecule has 0 spiro atoms. The lowest BCUT2D eigenvalue weighted by Crippen LogP contribution is -3.14. The smallest absolute Gasteiger partial charge is 0.271 e. The zero-order valence-electron chi connectivity index (χ0n) is 16.7. The summed E-state index contributed by atoms with van der Waals surface area (Å²) in [5.41, 5.74) is 2.86. The molecule has 0 radical (unpaired) electrons. The molecule has 0 bridgehead atoms. The molecule has 29 heavy (non-hydrogen) atoms. The van der Waals surface area contributed by atoms with Crippen LogP contribution in [-0.2, 0) is 6.54 Å². The molecule has 2 aromatic heterocycles. The minimum atomic E-state index is -0.404. The number of fused-ring (bicyclic) bond motifs is 1. The van der Waals surface area contributed by atoms with Crippen LogP contribution in [0.4, 0.5) is 5.69 Å². The Morgan fingerprint density at radius 1 is 1.24 bits per heavy atom. The minimum absolute atomic E-state index is 0.0189. The van der Waals surface area contributed by atoms with Crippen molar-refractivity contribution in [3.63, 3.8) is 0 Å². The predicted octanol–water partition coefficient (Wildman–Crippen LogP) is 1.86. The van der Waals surface area contributed by atoms with Gasteiger partial charge in [-0.3, -0.25) is 14.9 Å². The fourth-order valence-corrected chi connectivity index (χ4v) is 4.01. The molecule has 3 heterocycles. The molecule has 1 aliphatic heterocycles. The van der Waals surface area contributed by atoms with Gasteiger partial charge in [0.2, 0.25) is 0 Å². The van der Waals surface area contributed by atoms with Crippen LogP contribution in [0, 0.1) is 17.0 Å². The van der Waals surface area contributed by atoms with E-state index in [2.05, 4.69) is 6.92 Å². The number of nitrogens with zero attached hydrogens (tertiary/aromatic N) is 3. The quantitative estimate of drug-likeness (QED) is 0.526. The molecule has 1 amide bonds. The molecule has 1 saturated heterocycles. The molecule has 8 heteroatoms. The number of likely N-dealkylation sites (N-methyl/N-ethyl adjacent to an activating group) is 1. The van der Waals surface area contributed by atoms with E-state index >= 15 is 0 Å². The highest BCUT2D eigenvalue weighted by molar-refractivity contribution is 5.97. The molecule has 152 valence electrons. The van der Waals surface area contributed by atoms with Crippen LogP contribution >= 0.6 is 0 Å². The maximum absolute atomic E-state index is 13.3. The summed E-state index contributed by atoms with van der Waals surface area (Å²) in [4.78, 5) is 27.4. The average molecular weight is 397 g/mol. The topological polar surface area (TPSA) is 86.0 Å². The summed E-state index contributed by atoms with van der Waals surface area (Å²) in [6, 6.07) is 10.2. The highest BCUT2D eigenvalue weighted by Crippen LogP contribution is 2.26. The third-order valence-electron chi connectivity index (χ3n) is 5.65. The summed E-state index contributed by atoms with van der Waals surface area (Å²) < 4.78 is 7.67. The second kappa shape index (κ2) is 7.71. The number of carbonyl (C=O) groups is 1. The van der Waals surface area contributed by atoms with Gasteiger partial charge in [0.1, 0.15) is 11.5 Å². The summed E-state index contributed by atoms with van der Waals surface area (Å²) in [7, 11) is 0. The first kappa shape index (κ1) is 19.2. The lowest BCUT2D eigenvalue weighted by Gasteiger charge is -2.31. The molecule has 0 unspecified atom stereocenters. The van der Waals surface area contributed by atoms with Crippen LogP contribution in [0.1, 0.15) is 28.7 Å². The normalized spacial score (nSPS) is 15.2. The van der Waals surface area contributed by atoms with Gasteiger partial charge in [-0.25, -0.2) is 0 Å². The predicted molar refractivity (Wildman–Crippen MR) is 108 cm³/mol. The Bertz CT molecular complexity index is 1060. The van der Waals surface area contributed by atoms with E-state index in [0.29, 0.717) is 17.8 Å². The summed E-state index contributed by atoms with van der Waals surface area (Å²) in [6.07, 6.45) is 0. The van der Waals surface area contributed by atoms with Crippen molar-refractivity contribution in [3.8, 4) is 0 Å². The van der Waals surface area contributed by atoms with Crippen LogP contribution in [0.25, 0.3) is 11.1 Å². The van der Waals surface area contributed by atoms with Crippen molar-refractivity contribution >= 4 is 22.7 Å². The number of rotatable bonds is 5. The van der Waals surface area contributed by atoms with E-state index < -0.39 is 4.92 Å². The molecule has 8 nitrogen and oxygen atoms in total. The molecular weight excluding hydrogens is 372 g/mol. The van der Waals surface area contributed by atoms with Crippen molar-refractivity contribution in [2.75, 3.05) is 32.7 Å². The Kier molecular flexibility index (Phi) is 5.10. The highest BCUT2D eigenvalue weighted by Gasteiger charge is 2.27. The first-order valence-electron chi connectivity index (χ1n) is 9.92. The van der Waals surface area contributed by atoms with Crippen LogP contribution < -0.4 is 4.90 Å². The number of hydrogen-bond acceptors (Lipinski definition) is 4. The number of hydrogen-bond donors (Lipinski definition) is 1. The van der Waals surface area contributed by atoms with Crippen molar-refractivity contribution in [1.29, 1.82) is 0 Å². The van der Waals surface area contributed by atoms with Gasteiger partial charge in [0.05, 0.1) is 43.2 Å². The van der Waals surface area contributed by atoms with Crippen LogP contribution in [0.5, 0.6) is 0 Å². The number of nitrogens with one attached hydrogen (secondary N) is 1. The zero-order chi connectivity index (χ0) is 20.5. The van der Waals surface area contributed by atoms with Gasteiger partial charge in [-0.05, 0) is 19.4 Å². The first-order chi connectivity index (χ1) is 14.0. The Hall–Kier alpha value is -3.13. The maximum atomic E-state index is 13.3. The number of amides is 1. The van der Waals surface area contributed by atoms with Gasteiger partial charge in [-0.1, -0.05) is 12.1 Å². The largest absolute Gasteiger partial charge is 0.460 e.